The van der Waals surface area contributed by atoms with Crippen LogP contribution in [0.1, 0.15) is 17.3 Å². The third-order valence-corrected chi connectivity index (χ3v) is 5.32. The lowest BCUT2D eigenvalue weighted by Gasteiger charge is -2.08. The van der Waals surface area contributed by atoms with Crippen molar-refractivity contribution < 1.29 is 24.0 Å². The Kier molecular flexibility index (Phi) is 5.36. The Morgan fingerprint density at radius 3 is 2.58 bits per heavy atom. The Morgan fingerprint density at radius 1 is 1.38 bits per heavy atom. The fourth-order valence-electron chi connectivity index (χ4n) is 1.82. The summed E-state index contributed by atoms with van der Waals surface area (Å²) in [4.78, 5) is 46.4. The van der Waals surface area contributed by atoms with Crippen LogP contribution in [0.5, 0.6) is 0 Å². The zero-order valence-corrected chi connectivity index (χ0v) is 14.6. The highest BCUT2D eigenvalue weighted by atomic mass is 35.5. The lowest BCUT2D eigenvalue weighted by atomic mass is 10.2. The largest absolute Gasteiger partial charge is 0.465 e. The number of carbonyl (C=O) groups excluding carboxylic acids is 2. The van der Waals surface area contributed by atoms with E-state index in [0.717, 1.165) is 29.8 Å². The standard InChI is InChI=1S/C12H9ClN2O7S2/c1-3-22-12(18)14-9-5(10(17)21-2)7(16)4-6(15(19)20)8(13)23-11(4)24-9/h3H2,1-2H3,(H,14,18). The van der Waals surface area contributed by atoms with Gasteiger partial charge in [0.1, 0.15) is 20.0 Å². The molecular weight excluding hydrogens is 384 g/mol. The number of hydrogen-bond donors (Lipinski definition) is 1. The normalized spacial score (nSPS) is 10.5. The molecule has 2 aromatic heterocycles. The fraction of sp³-hybridized carbons (Fsp3) is 0.250. The van der Waals surface area contributed by atoms with Crippen molar-refractivity contribution in [3.05, 3.63) is 30.2 Å². The van der Waals surface area contributed by atoms with Crippen molar-refractivity contribution in [2.45, 2.75) is 6.92 Å². The lowest BCUT2D eigenvalue weighted by Crippen LogP contribution is -2.22. The molecule has 0 spiro atoms. The number of nitrogens with zero attached hydrogens (tertiary/aromatic N) is 1. The Labute approximate surface area is 146 Å². The van der Waals surface area contributed by atoms with Gasteiger partial charge in [-0.15, -0.1) is 22.7 Å². The van der Waals surface area contributed by atoms with Gasteiger partial charge in [0.05, 0.1) is 18.6 Å². The Bertz CT molecular complexity index is 905. The summed E-state index contributed by atoms with van der Waals surface area (Å²) in [6.45, 7) is 1.65. The van der Waals surface area contributed by atoms with Gasteiger partial charge in [-0.25, -0.2) is 9.59 Å². The van der Waals surface area contributed by atoms with Gasteiger partial charge in [0.25, 0.3) is 0 Å². The first-order valence-corrected chi connectivity index (χ1v) is 8.28. The topological polar surface area (TPSA) is 125 Å². The monoisotopic (exact) mass is 392 g/mol. The maximum atomic E-state index is 12.6. The molecule has 12 heteroatoms. The smallest absolute Gasteiger partial charge is 0.412 e. The number of amides is 1. The highest BCUT2D eigenvalue weighted by molar-refractivity contribution is 7.41. The van der Waals surface area contributed by atoms with E-state index in [1.807, 2.05) is 0 Å². The first kappa shape index (κ1) is 18.1. The lowest BCUT2D eigenvalue weighted by molar-refractivity contribution is -0.382. The molecule has 9 nitrogen and oxygen atoms in total. The second-order valence-electron chi connectivity index (χ2n) is 4.12. The number of nitrogens with one attached hydrogen (secondary N) is 1. The second kappa shape index (κ2) is 7.11. The van der Waals surface area contributed by atoms with Crippen LogP contribution in [-0.4, -0.2) is 30.7 Å². The second-order valence-corrected chi connectivity index (χ2v) is 7.02. The van der Waals surface area contributed by atoms with Gasteiger partial charge in [-0.1, -0.05) is 11.6 Å². The van der Waals surface area contributed by atoms with Gasteiger partial charge in [0.2, 0.25) is 5.43 Å². The van der Waals surface area contributed by atoms with Gasteiger partial charge < -0.3 is 9.47 Å². The van der Waals surface area contributed by atoms with Gasteiger partial charge in [-0.05, 0) is 6.92 Å². The van der Waals surface area contributed by atoms with E-state index >= 15 is 0 Å². The number of ether oxygens (including phenoxy) is 2. The number of thiophene rings is 1. The summed E-state index contributed by atoms with van der Waals surface area (Å²) in [5.41, 5.74) is -2.05. The van der Waals surface area contributed by atoms with E-state index in [1.54, 1.807) is 6.92 Å². The maximum Gasteiger partial charge on any atom is 0.412 e. The zero-order chi connectivity index (χ0) is 18.0. The predicted molar refractivity (Wildman–Crippen MR) is 89.6 cm³/mol. The van der Waals surface area contributed by atoms with Crippen molar-refractivity contribution in [2.75, 3.05) is 19.0 Å². The third-order valence-electron chi connectivity index (χ3n) is 2.75. The molecule has 0 atom stereocenters. The number of halogens is 1. The molecule has 0 bridgehead atoms. The Hall–Kier alpha value is -2.24. The number of esters is 1. The quantitative estimate of drug-likeness (QED) is 0.481. The summed E-state index contributed by atoms with van der Waals surface area (Å²) in [5.74, 6) is -1.04. The van der Waals surface area contributed by atoms with E-state index in [4.69, 9.17) is 16.3 Å². The van der Waals surface area contributed by atoms with Gasteiger partial charge >= 0.3 is 17.7 Å². The van der Waals surface area contributed by atoms with E-state index in [1.165, 1.54) is 0 Å². The summed E-state index contributed by atoms with van der Waals surface area (Å²) < 4.78 is 9.23. The molecule has 0 radical (unpaired) electrons. The van der Waals surface area contributed by atoms with E-state index in [0.29, 0.717) is 0 Å². The van der Waals surface area contributed by atoms with Crippen molar-refractivity contribution in [2.24, 2.45) is 0 Å². The summed E-state index contributed by atoms with van der Waals surface area (Å²) in [6.07, 6.45) is -0.880. The minimum atomic E-state index is -1.04. The number of hydrogen-bond acceptors (Lipinski definition) is 9. The molecule has 0 aliphatic rings. The van der Waals surface area contributed by atoms with Crippen LogP contribution in [0.3, 0.4) is 0 Å². The first-order chi connectivity index (χ1) is 11.3. The van der Waals surface area contributed by atoms with Crippen molar-refractivity contribution in [1.29, 1.82) is 0 Å². The molecular formula is C12H9ClN2O7S2. The molecule has 24 heavy (non-hydrogen) atoms. The summed E-state index contributed by atoms with van der Waals surface area (Å²) in [5, 5.41) is 13.0. The number of fused-ring (bicyclic) bond motifs is 1. The number of nitro groups is 1. The first-order valence-electron chi connectivity index (χ1n) is 6.27. The van der Waals surface area contributed by atoms with Crippen LogP contribution in [0.4, 0.5) is 15.5 Å². The van der Waals surface area contributed by atoms with Crippen LogP contribution in [-0.2, 0) is 9.47 Å². The van der Waals surface area contributed by atoms with E-state index < -0.39 is 33.7 Å². The average Bonchev–Trinajstić information content (AvgIpc) is 2.83. The minimum Gasteiger partial charge on any atom is -0.465 e. The third kappa shape index (κ3) is 3.18. The predicted octanol–water partition coefficient (Wildman–Crippen LogP) is 3.24. The molecule has 2 rings (SSSR count). The van der Waals surface area contributed by atoms with Crippen LogP contribution in [0, 0.1) is 10.1 Å². The molecule has 0 saturated heterocycles. The van der Waals surface area contributed by atoms with Crippen LogP contribution in [0.25, 0.3) is 9.40 Å². The van der Waals surface area contributed by atoms with Crippen molar-refractivity contribution in [3.63, 3.8) is 0 Å². The molecule has 0 aliphatic carbocycles. The maximum absolute atomic E-state index is 12.6. The summed E-state index contributed by atoms with van der Waals surface area (Å²) >= 11 is 7.42. The Morgan fingerprint density at radius 2 is 2.04 bits per heavy atom. The molecule has 0 aliphatic heterocycles. The van der Waals surface area contributed by atoms with Gasteiger partial charge in [0, 0.05) is 0 Å². The molecule has 0 saturated carbocycles. The SMILES string of the molecule is CCOC(=O)Nc1sc2sc(Cl)c([N+](=O)[O-])c2c(=O)c1C(=O)OC. The Balaban J connectivity index is 2.79. The number of anilines is 1. The van der Waals surface area contributed by atoms with Gasteiger partial charge in [0.15, 0.2) is 4.34 Å². The van der Waals surface area contributed by atoms with Crippen LogP contribution in [0.2, 0.25) is 4.34 Å². The molecule has 2 aromatic rings. The molecule has 0 aromatic carbocycles. The molecule has 128 valence electrons. The average molecular weight is 393 g/mol. The fourth-order valence-corrected chi connectivity index (χ4v) is 4.63. The highest BCUT2D eigenvalue weighted by Gasteiger charge is 2.30. The number of rotatable bonds is 4. The highest BCUT2D eigenvalue weighted by Crippen LogP contribution is 2.43. The van der Waals surface area contributed by atoms with Crippen LogP contribution >= 0.6 is 34.3 Å². The van der Waals surface area contributed by atoms with Crippen molar-refractivity contribution in [3.8, 4) is 0 Å². The molecule has 0 fully saturated rings. The van der Waals surface area contributed by atoms with E-state index in [9.17, 15) is 24.5 Å². The molecule has 2 heterocycles. The minimum absolute atomic E-state index is 0.0762. The van der Waals surface area contributed by atoms with E-state index in [2.05, 4.69) is 10.1 Å². The van der Waals surface area contributed by atoms with Crippen LogP contribution in [0.15, 0.2) is 4.79 Å². The zero-order valence-electron chi connectivity index (χ0n) is 12.2. The van der Waals surface area contributed by atoms with Crippen molar-refractivity contribution in [1.82, 2.24) is 0 Å². The number of carbonyl (C=O) groups is 2. The number of methoxy groups -OCH3 is 1. The van der Waals surface area contributed by atoms with Gasteiger partial charge in [-0.2, -0.15) is 0 Å². The molecule has 0 unspecified atom stereocenters. The van der Waals surface area contributed by atoms with Crippen molar-refractivity contribution >= 4 is 66.4 Å². The van der Waals surface area contributed by atoms with Gasteiger partial charge in [-0.3, -0.25) is 20.2 Å². The molecule has 1 N–H and O–H groups in total. The summed E-state index contributed by atoms with van der Waals surface area (Å²) in [7, 11) is 1.04. The summed E-state index contributed by atoms with van der Waals surface area (Å²) in [6, 6.07) is 0. The molecule has 1 amide bonds. The van der Waals surface area contributed by atoms with Crippen LogP contribution < -0.4 is 10.7 Å². The van der Waals surface area contributed by atoms with E-state index in [-0.39, 0.29) is 25.3 Å².